The number of carbonyl (C=O) groups is 2. The lowest BCUT2D eigenvalue weighted by Crippen LogP contribution is -2.08. The fourth-order valence-corrected chi connectivity index (χ4v) is 1.12. The molecule has 1 N–H and O–H groups in total. The highest BCUT2D eigenvalue weighted by atomic mass is 16.4. The fraction of sp³-hybridized carbons (Fsp3) is 0.300. The van der Waals surface area contributed by atoms with Crippen LogP contribution < -0.4 is 0 Å². The fourth-order valence-electron chi connectivity index (χ4n) is 1.12. The summed E-state index contributed by atoms with van der Waals surface area (Å²) in [5, 5.41) is 12.4. The van der Waals surface area contributed by atoms with E-state index in [1.807, 2.05) is 6.92 Å². The van der Waals surface area contributed by atoms with Crippen molar-refractivity contribution in [1.29, 1.82) is 0 Å². The second-order valence-electron chi connectivity index (χ2n) is 2.98. The lowest BCUT2D eigenvalue weighted by molar-refractivity contribution is -0.146. The molecule has 0 amide bonds. The monoisotopic (exact) mass is 208 g/mol. The summed E-state index contributed by atoms with van der Waals surface area (Å²) >= 11 is 0. The molecule has 5 heteroatoms. The van der Waals surface area contributed by atoms with E-state index in [0.29, 0.717) is 0 Å². The highest BCUT2D eigenvalue weighted by molar-refractivity contribution is 6.38. The van der Waals surface area contributed by atoms with Gasteiger partial charge in [0.15, 0.2) is 0 Å². The molecule has 5 nitrogen and oxygen atoms in total. The van der Waals surface area contributed by atoms with Crippen LogP contribution in [0.1, 0.15) is 19.0 Å². The van der Waals surface area contributed by atoms with Gasteiger partial charge in [0.05, 0.1) is 5.69 Å². The molecule has 15 heavy (non-hydrogen) atoms. The summed E-state index contributed by atoms with van der Waals surface area (Å²) < 4.78 is 1.71. The van der Waals surface area contributed by atoms with E-state index in [0.717, 1.165) is 24.7 Å². The van der Waals surface area contributed by atoms with E-state index in [4.69, 9.17) is 5.11 Å². The minimum Gasteiger partial charge on any atom is -0.475 e. The molecule has 1 aromatic heterocycles. The zero-order valence-corrected chi connectivity index (χ0v) is 8.38. The van der Waals surface area contributed by atoms with Gasteiger partial charge in [0.1, 0.15) is 0 Å². The number of aryl methyl sites for hydroxylation is 1. The van der Waals surface area contributed by atoms with E-state index in [9.17, 15) is 9.59 Å². The van der Waals surface area contributed by atoms with E-state index in [1.54, 1.807) is 16.9 Å². The molecule has 1 rings (SSSR count). The lowest BCUT2D eigenvalue weighted by Gasteiger charge is -2.00. The molecular formula is C10H12N2O3. The van der Waals surface area contributed by atoms with Crippen LogP contribution >= 0.6 is 0 Å². The molecule has 0 aliphatic heterocycles. The number of rotatable bonds is 5. The predicted molar refractivity (Wildman–Crippen MR) is 54.2 cm³/mol. The number of aliphatic carboxylic acids is 1. The number of hydrogen-bond donors (Lipinski definition) is 1. The van der Waals surface area contributed by atoms with E-state index in [-0.39, 0.29) is 0 Å². The first-order valence-corrected chi connectivity index (χ1v) is 4.62. The normalized spacial score (nSPS) is 10.7. The molecular weight excluding hydrogens is 196 g/mol. The number of ketones is 1. The summed E-state index contributed by atoms with van der Waals surface area (Å²) in [5.41, 5.74) is 0.728. The van der Waals surface area contributed by atoms with Crippen LogP contribution in [0.2, 0.25) is 0 Å². The van der Waals surface area contributed by atoms with Crippen LogP contribution in [-0.2, 0) is 16.1 Å². The second kappa shape index (κ2) is 5.09. The first-order valence-electron chi connectivity index (χ1n) is 4.62. The first-order chi connectivity index (χ1) is 7.15. The van der Waals surface area contributed by atoms with Gasteiger partial charge < -0.3 is 5.11 Å². The van der Waals surface area contributed by atoms with Crippen molar-refractivity contribution in [3.05, 3.63) is 24.0 Å². The molecule has 0 aliphatic rings. The molecule has 0 bridgehead atoms. The molecule has 1 aromatic rings. The summed E-state index contributed by atoms with van der Waals surface area (Å²) in [6, 6.07) is 1.72. The Morgan fingerprint density at radius 2 is 2.33 bits per heavy atom. The largest absolute Gasteiger partial charge is 0.475 e. The van der Waals surface area contributed by atoms with E-state index >= 15 is 0 Å². The number of nitrogens with zero attached hydrogens (tertiary/aromatic N) is 2. The second-order valence-corrected chi connectivity index (χ2v) is 2.98. The molecule has 0 radical (unpaired) electrons. The Morgan fingerprint density at radius 3 is 2.93 bits per heavy atom. The number of carboxylic acids is 1. The third kappa shape index (κ3) is 3.05. The first kappa shape index (κ1) is 11.2. The minimum absolute atomic E-state index is 0.728. The Morgan fingerprint density at radius 1 is 1.60 bits per heavy atom. The molecule has 0 unspecified atom stereocenters. The van der Waals surface area contributed by atoms with E-state index in [2.05, 4.69) is 5.10 Å². The number of aromatic nitrogens is 2. The molecule has 0 fully saturated rings. The minimum atomic E-state index is -1.45. The zero-order chi connectivity index (χ0) is 11.3. The number of hydrogen-bond acceptors (Lipinski definition) is 3. The molecule has 0 saturated heterocycles. The van der Waals surface area contributed by atoms with Crippen molar-refractivity contribution in [1.82, 2.24) is 9.78 Å². The van der Waals surface area contributed by atoms with Crippen molar-refractivity contribution in [3.8, 4) is 0 Å². The molecule has 1 heterocycles. The number of carboxylic acid groups (broad SMARTS) is 1. The van der Waals surface area contributed by atoms with Gasteiger partial charge in [-0.15, -0.1) is 0 Å². The Bertz CT molecular complexity index is 393. The van der Waals surface area contributed by atoms with Crippen LogP contribution in [0.15, 0.2) is 18.3 Å². The summed E-state index contributed by atoms with van der Waals surface area (Å²) in [4.78, 5) is 21.0. The molecule has 0 spiro atoms. The molecule has 0 aliphatic carbocycles. The van der Waals surface area contributed by atoms with Crippen LogP contribution in [0.25, 0.3) is 6.08 Å². The third-order valence-corrected chi connectivity index (χ3v) is 1.80. The quantitative estimate of drug-likeness (QED) is 0.577. The summed E-state index contributed by atoms with van der Waals surface area (Å²) in [5.74, 6) is -2.38. The lowest BCUT2D eigenvalue weighted by atomic mass is 10.3. The van der Waals surface area contributed by atoms with Crippen LogP contribution in [0.3, 0.4) is 0 Å². The highest BCUT2D eigenvalue weighted by Crippen LogP contribution is 2.02. The van der Waals surface area contributed by atoms with Crippen molar-refractivity contribution in [2.45, 2.75) is 19.9 Å². The maximum absolute atomic E-state index is 10.8. The molecule has 0 aromatic carbocycles. The van der Waals surface area contributed by atoms with Crippen LogP contribution in [0, 0.1) is 0 Å². The van der Waals surface area contributed by atoms with Crippen molar-refractivity contribution in [2.75, 3.05) is 0 Å². The summed E-state index contributed by atoms with van der Waals surface area (Å²) in [7, 11) is 0. The summed E-state index contributed by atoms with van der Waals surface area (Å²) in [6.45, 7) is 2.76. The van der Waals surface area contributed by atoms with E-state index in [1.165, 1.54) is 6.08 Å². The van der Waals surface area contributed by atoms with Gasteiger partial charge in [0.2, 0.25) is 0 Å². The van der Waals surface area contributed by atoms with Gasteiger partial charge in [-0.1, -0.05) is 6.92 Å². The standard InChI is InChI=1S/C10H12N2O3/c1-2-7-12-8(5-6-11-12)3-4-9(13)10(14)15/h3-6H,2,7H2,1H3,(H,14,15)/b4-3+. The Kier molecular flexibility index (Phi) is 3.79. The van der Waals surface area contributed by atoms with Crippen molar-refractivity contribution in [3.63, 3.8) is 0 Å². The van der Waals surface area contributed by atoms with Gasteiger partial charge in [-0.05, 0) is 24.6 Å². The van der Waals surface area contributed by atoms with Crippen molar-refractivity contribution >= 4 is 17.8 Å². The van der Waals surface area contributed by atoms with E-state index < -0.39 is 11.8 Å². The highest BCUT2D eigenvalue weighted by Gasteiger charge is 2.06. The van der Waals surface area contributed by atoms with Crippen molar-refractivity contribution in [2.24, 2.45) is 0 Å². The SMILES string of the molecule is CCCn1nccc1/C=C/C(=O)C(=O)O. The van der Waals surface area contributed by atoms with Gasteiger partial charge in [-0.25, -0.2) is 4.79 Å². The van der Waals surface area contributed by atoms with Gasteiger partial charge in [-0.2, -0.15) is 5.10 Å². The van der Waals surface area contributed by atoms with Crippen molar-refractivity contribution < 1.29 is 14.7 Å². The molecule has 80 valence electrons. The number of carbonyl (C=O) groups excluding carboxylic acids is 1. The van der Waals surface area contributed by atoms with Gasteiger partial charge in [0, 0.05) is 12.7 Å². The van der Waals surface area contributed by atoms with Gasteiger partial charge in [0.25, 0.3) is 5.78 Å². The Balaban J connectivity index is 2.75. The van der Waals surface area contributed by atoms with Gasteiger partial charge >= 0.3 is 5.97 Å². The third-order valence-electron chi connectivity index (χ3n) is 1.80. The maximum Gasteiger partial charge on any atom is 0.376 e. The smallest absolute Gasteiger partial charge is 0.376 e. The summed E-state index contributed by atoms with van der Waals surface area (Å²) in [6.07, 6.45) is 5.03. The Labute approximate surface area is 87.0 Å². The average Bonchev–Trinajstić information content (AvgIpc) is 2.62. The zero-order valence-electron chi connectivity index (χ0n) is 8.38. The average molecular weight is 208 g/mol. The van der Waals surface area contributed by atoms with Crippen LogP contribution in [0.4, 0.5) is 0 Å². The maximum atomic E-state index is 10.8. The van der Waals surface area contributed by atoms with Gasteiger partial charge in [-0.3, -0.25) is 9.48 Å². The predicted octanol–water partition coefficient (Wildman–Crippen LogP) is 0.960. The Hall–Kier alpha value is -1.91. The van der Waals surface area contributed by atoms with Crippen LogP contribution in [0.5, 0.6) is 0 Å². The topological polar surface area (TPSA) is 72.2 Å². The molecule has 0 atom stereocenters. The van der Waals surface area contributed by atoms with Crippen LogP contribution in [-0.4, -0.2) is 26.6 Å². The molecule has 0 saturated carbocycles.